The van der Waals surface area contributed by atoms with Crippen LogP contribution in [0.5, 0.6) is 5.75 Å². The zero-order valence-corrected chi connectivity index (χ0v) is 17.1. The van der Waals surface area contributed by atoms with Gasteiger partial charge in [0.25, 0.3) is 5.91 Å². The first-order valence-electron chi connectivity index (χ1n) is 9.35. The van der Waals surface area contributed by atoms with Crippen LogP contribution in [0.4, 0.5) is 0 Å². The van der Waals surface area contributed by atoms with E-state index in [1.54, 1.807) is 59.4 Å². The van der Waals surface area contributed by atoms with Crippen molar-refractivity contribution < 1.29 is 9.53 Å². The Morgan fingerprint density at radius 1 is 1.03 bits per heavy atom. The molecule has 0 spiro atoms. The number of aromatic nitrogens is 4. The van der Waals surface area contributed by atoms with Gasteiger partial charge in [0.2, 0.25) is 0 Å². The summed E-state index contributed by atoms with van der Waals surface area (Å²) in [6.07, 6.45) is 5.21. The van der Waals surface area contributed by atoms with E-state index in [1.165, 1.54) is 4.68 Å². The van der Waals surface area contributed by atoms with Crippen molar-refractivity contribution in [2.24, 2.45) is 0 Å². The third kappa shape index (κ3) is 4.52. The summed E-state index contributed by atoms with van der Waals surface area (Å²) in [6.45, 7) is 0.601. The van der Waals surface area contributed by atoms with Gasteiger partial charge in [-0.05, 0) is 54.1 Å². The number of halogens is 1. The van der Waals surface area contributed by atoms with Gasteiger partial charge in [0, 0.05) is 37.2 Å². The molecule has 2 aromatic carbocycles. The highest BCUT2D eigenvalue weighted by Crippen LogP contribution is 2.17. The van der Waals surface area contributed by atoms with Crippen molar-refractivity contribution in [2.45, 2.75) is 13.3 Å². The van der Waals surface area contributed by atoms with E-state index in [0.717, 1.165) is 11.3 Å². The molecule has 0 unspecified atom stereocenters. The minimum absolute atomic E-state index is 0.127. The van der Waals surface area contributed by atoms with E-state index < -0.39 is 0 Å². The minimum Gasteiger partial charge on any atom is -0.471 e. The lowest BCUT2D eigenvalue weighted by atomic mass is 10.2. The molecule has 0 fully saturated rings. The molecular weight excluding hydrogens is 402 g/mol. The third-order valence-corrected chi connectivity index (χ3v) is 4.83. The maximum atomic E-state index is 12.9. The van der Waals surface area contributed by atoms with Crippen LogP contribution in [0.3, 0.4) is 0 Å². The van der Waals surface area contributed by atoms with E-state index in [2.05, 4.69) is 10.2 Å². The van der Waals surface area contributed by atoms with Crippen LogP contribution in [0.2, 0.25) is 5.02 Å². The standard InChI is InChI=1S/C22H20ClN5O2/c1-26(15-17-3-7-19(8-4-17)27-14-2-12-24-27)22(29)21-11-13-25-28(21)16-30-20-9-5-18(23)6-10-20/h2-14H,15-16H2,1H3. The number of nitrogens with zero attached hydrogens (tertiary/aromatic N) is 5. The molecule has 0 aliphatic carbocycles. The molecular formula is C22H20ClN5O2. The van der Waals surface area contributed by atoms with Crippen LogP contribution < -0.4 is 4.74 Å². The first kappa shape index (κ1) is 19.7. The van der Waals surface area contributed by atoms with Crippen molar-refractivity contribution in [2.75, 3.05) is 7.05 Å². The number of carbonyl (C=O) groups excluding carboxylic acids is 1. The van der Waals surface area contributed by atoms with E-state index in [4.69, 9.17) is 16.3 Å². The van der Waals surface area contributed by atoms with Crippen molar-refractivity contribution >= 4 is 17.5 Å². The van der Waals surface area contributed by atoms with Crippen molar-refractivity contribution in [3.63, 3.8) is 0 Å². The molecule has 1 amide bonds. The molecule has 0 aliphatic rings. The molecule has 4 rings (SSSR count). The fourth-order valence-electron chi connectivity index (χ4n) is 3.00. The Balaban J connectivity index is 1.39. The van der Waals surface area contributed by atoms with Crippen LogP contribution in [0.25, 0.3) is 5.69 Å². The van der Waals surface area contributed by atoms with Gasteiger partial charge in [-0.3, -0.25) is 4.79 Å². The number of hydrogen-bond donors (Lipinski definition) is 0. The number of amides is 1. The Bertz CT molecular complexity index is 1110. The molecule has 0 saturated heterocycles. The van der Waals surface area contributed by atoms with E-state index in [1.807, 2.05) is 36.5 Å². The maximum absolute atomic E-state index is 12.9. The quantitative estimate of drug-likeness (QED) is 0.452. The van der Waals surface area contributed by atoms with Crippen molar-refractivity contribution in [3.8, 4) is 11.4 Å². The van der Waals surface area contributed by atoms with Gasteiger partial charge in [-0.2, -0.15) is 10.2 Å². The SMILES string of the molecule is CN(Cc1ccc(-n2cccn2)cc1)C(=O)c1ccnn1COc1ccc(Cl)cc1. The predicted octanol–water partition coefficient (Wildman–Crippen LogP) is 4.03. The fourth-order valence-corrected chi connectivity index (χ4v) is 3.13. The highest BCUT2D eigenvalue weighted by molar-refractivity contribution is 6.30. The molecule has 2 aromatic heterocycles. The van der Waals surface area contributed by atoms with Gasteiger partial charge in [-0.25, -0.2) is 9.36 Å². The molecule has 2 heterocycles. The van der Waals surface area contributed by atoms with Gasteiger partial charge in [0.05, 0.1) is 5.69 Å². The van der Waals surface area contributed by atoms with E-state index in [0.29, 0.717) is 23.0 Å². The topological polar surface area (TPSA) is 65.2 Å². The lowest BCUT2D eigenvalue weighted by Gasteiger charge is -2.18. The predicted molar refractivity (Wildman–Crippen MR) is 114 cm³/mol. The van der Waals surface area contributed by atoms with Crippen molar-refractivity contribution in [1.29, 1.82) is 0 Å². The highest BCUT2D eigenvalue weighted by Gasteiger charge is 2.17. The normalized spacial score (nSPS) is 10.7. The van der Waals surface area contributed by atoms with Gasteiger partial charge in [-0.15, -0.1) is 0 Å². The van der Waals surface area contributed by atoms with Crippen LogP contribution >= 0.6 is 11.6 Å². The van der Waals surface area contributed by atoms with Gasteiger partial charge in [0.15, 0.2) is 6.73 Å². The maximum Gasteiger partial charge on any atom is 0.272 e. The summed E-state index contributed by atoms with van der Waals surface area (Å²) in [7, 11) is 1.77. The summed E-state index contributed by atoms with van der Waals surface area (Å²) in [4.78, 5) is 14.6. The second-order valence-electron chi connectivity index (χ2n) is 6.72. The number of carbonyl (C=O) groups is 1. The Hall–Kier alpha value is -3.58. The Morgan fingerprint density at radius 3 is 2.50 bits per heavy atom. The number of ether oxygens (including phenoxy) is 1. The summed E-state index contributed by atoms with van der Waals surface area (Å²) in [5, 5.41) is 9.06. The van der Waals surface area contributed by atoms with Gasteiger partial charge >= 0.3 is 0 Å². The number of hydrogen-bond acceptors (Lipinski definition) is 4. The summed E-state index contributed by atoms with van der Waals surface area (Å²) in [6, 6.07) is 18.5. The molecule has 4 aromatic rings. The zero-order chi connectivity index (χ0) is 20.9. The van der Waals surface area contributed by atoms with Crippen molar-refractivity contribution in [1.82, 2.24) is 24.5 Å². The van der Waals surface area contributed by atoms with E-state index >= 15 is 0 Å². The molecule has 0 atom stereocenters. The Labute approximate surface area is 179 Å². The molecule has 8 heteroatoms. The largest absolute Gasteiger partial charge is 0.471 e. The van der Waals surface area contributed by atoms with Crippen molar-refractivity contribution in [3.05, 3.63) is 95.5 Å². The van der Waals surface area contributed by atoms with Crippen LogP contribution in [-0.4, -0.2) is 37.4 Å². The first-order chi connectivity index (χ1) is 14.6. The second-order valence-corrected chi connectivity index (χ2v) is 7.16. The van der Waals surface area contributed by atoms with Crippen LogP contribution in [0.15, 0.2) is 79.3 Å². The van der Waals surface area contributed by atoms with Crippen LogP contribution in [-0.2, 0) is 13.3 Å². The molecule has 0 aliphatic heterocycles. The second kappa shape index (κ2) is 8.84. The molecule has 30 heavy (non-hydrogen) atoms. The highest BCUT2D eigenvalue weighted by atomic mass is 35.5. The van der Waals surface area contributed by atoms with E-state index in [-0.39, 0.29) is 12.6 Å². The Kier molecular flexibility index (Phi) is 5.81. The lowest BCUT2D eigenvalue weighted by Crippen LogP contribution is -2.29. The molecule has 152 valence electrons. The lowest BCUT2D eigenvalue weighted by molar-refractivity contribution is 0.0762. The van der Waals surface area contributed by atoms with Gasteiger partial charge < -0.3 is 9.64 Å². The molecule has 0 N–H and O–H groups in total. The average Bonchev–Trinajstić information content (AvgIpc) is 3.45. The Morgan fingerprint density at radius 2 is 1.80 bits per heavy atom. The van der Waals surface area contributed by atoms with Crippen LogP contribution in [0.1, 0.15) is 16.1 Å². The summed E-state index contributed by atoms with van der Waals surface area (Å²) >= 11 is 5.89. The van der Waals surface area contributed by atoms with E-state index in [9.17, 15) is 4.79 Å². The van der Waals surface area contributed by atoms with Crippen LogP contribution in [0, 0.1) is 0 Å². The molecule has 0 bridgehead atoms. The van der Waals surface area contributed by atoms with Gasteiger partial charge in [0.1, 0.15) is 11.4 Å². The average molecular weight is 422 g/mol. The molecule has 7 nitrogen and oxygen atoms in total. The fraction of sp³-hybridized carbons (Fsp3) is 0.136. The monoisotopic (exact) mass is 421 g/mol. The smallest absolute Gasteiger partial charge is 0.272 e. The first-order valence-corrected chi connectivity index (χ1v) is 9.72. The number of rotatable bonds is 7. The number of benzene rings is 2. The zero-order valence-electron chi connectivity index (χ0n) is 16.4. The molecule has 0 radical (unpaired) electrons. The van der Waals surface area contributed by atoms with Gasteiger partial charge in [-0.1, -0.05) is 23.7 Å². The minimum atomic E-state index is -0.136. The third-order valence-electron chi connectivity index (χ3n) is 4.57. The summed E-state index contributed by atoms with van der Waals surface area (Å²) in [5.41, 5.74) is 2.44. The summed E-state index contributed by atoms with van der Waals surface area (Å²) < 4.78 is 9.03. The molecule has 0 saturated carbocycles. The summed E-state index contributed by atoms with van der Waals surface area (Å²) in [5.74, 6) is 0.516.